The lowest BCUT2D eigenvalue weighted by atomic mass is 9.78. The number of anilines is 1. The van der Waals surface area contributed by atoms with Crippen molar-refractivity contribution in [2.24, 2.45) is 5.92 Å². The van der Waals surface area contributed by atoms with Gasteiger partial charge < -0.3 is 16.0 Å². The summed E-state index contributed by atoms with van der Waals surface area (Å²) in [5, 5.41) is 8.27. The fraction of sp³-hybridized carbons (Fsp3) is 0.351. The van der Waals surface area contributed by atoms with E-state index in [1.165, 1.54) is 6.92 Å². The number of carbonyl (C=O) groups excluding carboxylic acids is 4. The molecule has 4 N–H and O–H groups in total. The summed E-state index contributed by atoms with van der Waals surface area (Å²) in [4.78, 5) is 56.6. The molecule has 3 aromatic carbocycles. The monoisotopic (exact) mass is 624 g/mol. The number of fused-ring (bicyclic) bond motifs is 2. The van der Waals surface area contributed by atoms with Crippen molar-refractivity contribution in [3.8, 4) is 0 Å². The number of hydrogen-bond acceptors (Lipinski definition) is 6. The van der Waals surface area contributed by atoms with Gasteiger partial charge in [0.1, 0.15) is 11.8 Å². The molecule has 2 bridgehead atoms. The molecule has 3 atom stereocenters. The number of nitrogens with one attached hydrogen (secondary N) is 4. The first-order valence-corrected chi connectivity index (χ1v) is 15.8. The van der Waals surface area contributed by atoms with Crippen molar-refractivity contribution in [2.45, 2.75) is 70.9 Å². The summed E-state index contributed by atoms with van der Waals surface area (Å²) in [6, 6.07) is 23.1. The SMILES string of the molecule is CNC(=O)C1Cc2ccc(NOCc3ccccc3)c(c2C[C@@H](C)C=CNC(C)=O)C(c2ccccc2)CCC(=O)CCC(=O)N1. The van der Waals surface area contributed by atoms with Gasteiger partial charge in [0, 0.05) is 45.6 Å². The van der Waals surface area contributed by atoms with E-state index < -0.39 is 6.04 Å². The fourth-order valence-electron chi connectivity index (χ4n) is 5.84. The van der Waals surface area contributed by atoms with Crippen molar-refractivity contribution in [2.75, 3.05) is 12.5 Å². The fourth-order valence-corrected chi connectivity index (χ4v) is 5.84. The summed E-state index contributed by atoms with van der Waals surface area (Å²) in [7, 11) is 1.54. The van der Waals surface area contributed by atoms with E-state index >= 15 is 0 Å². The summed E-state index contributed by atoms with van der Waals surface area (Å²) >= 11 is 0. The van der Waals surface area contributed by atoms with Gasteiger partial charge in [0.15, 0.2) is 0 Å². The van der Waals surface area contributed by atoms with Crippen LogP contribution < -0.4 is 21.4 Å². The van der Waals surface area contributed by atoms with Gasteiger partial charge in [0.25, 0.3) is 0 Å². The first kappa shape index (κ1) is 34.1. The second kappa shape index (κ2) is 17.1. The Labute approximate surface area is 271 Å². The number of likely N-dealkylation sites (N-methyl/N-ethyl adjacent to an activating group) is 1. The zero-order valence-corrected chi connectivity index (χ0v) is 26.8. The Morgan fingerprint density at radius 3 is 2.39 bits per heavy atom. The van der Waals surface area contributed by atoms with E-state index in [-0.39, 0.29) is 61.0 Å². The second-order valence-corrected chi connectivity index (χ2v) is 11.8. The Hall–Kier alpha value is -4.76. The second-order valence-electron chi connectivity index (χ2n) is 11.8. The van der Waals surface area contributed by atoms with Gasteiger partial charge in [0.2, 0.25) is 17.7 Å². The summed E-state index contributed by atoms with van der Waals surface area (Å²) in [6.45, 7) is 3.86. The van der Waals surface area contributed by atoms with Gasteiger partial charge >= 0.3 is 0 Å². The predicted octanol–water partition coefficient (Wildman–Crippen LogP) is 5.11. The van der Waals surface area contributed by atoms with Crippen LogP contribution in [0.5, 0.6) is 0 Å². The lowest BCUT2D eigenvalue weighted by molar-refractivity contribution is -0.129. The van der Waals surface area contributed by atoms with Crippen molar-refractivity contribution in [3.63, 3.8) is 0 Å². The number of Topliss-reactive ketones (excluding diaryl/α,β-unsaturated/α-hetero) is 1. The van der Waals surface area contributed by atoms with Crippen molar-refractivity contribution >= 4 is 29.2 Å². The van der Waals surface area contributed by atoms with E-state index in [9.17, 15) is 19.2 Å². The molecular weight excluding hydrogens is 580 g/mol. The summed E-state index contributed by atoms with van der Waals surface area (Å²) in [5.74, 6) is -1.000. The molecule has 46 heavy (non-hydrogen) atoms. The van der Waals surface area contributed by atoms with Crippen molar-refractivity contribution < 1.29 is 24.0 Å². The molecule has 4 rings (SSSR count). The van der Waals surface area contributed by atoms with E-state index in [1.54, 1.807) is 13.2 Å². The largest absolute Gasteiger partial charge is 0.357 e. The highest BCUT2D eigenvalue weighted by Gasteiger charge is 2.29. The minimum atomic E-state index is -0.825. The van der Waals surface area contributed by atoms with Gasteiger partial charge in [-0.2, -0.15) is 0 Å². The van der Waals surface area contributed by atoms with Crippen LogP contribution in [-0.4, -0.2) is 36.6 Å². The maximum atomic E-state index is 13.1. The molecule has 242 valence electrons. The lowest BCUT2D eigenvalue weighted by Crippen LogP contribution is -2.47. The zero-order valence-electron chi connectivity index (χ0n) is 26.8. The van der Waals surface area contributed by atoms with Crippen molar-refractivity contribution in [1.82, 2.24) is 16.0 Å². The zero-order chi connectivity index (χ0) is 32.9. The standard InChI is InChI=1S/C37H44N4O5/c1-25(20-21-39-26(2)42)22-32-29-14-18-33(41-46-24-27-10-6-4-7-11-27)36(32)31(28-12-8-5-9-13-28)17-15-30(43)16-19-35(44)40-34(23-29)37(45)38-3/h4-14,18,20-21,25,31,34,41H,15-17,19,22-24H2,1-3H3,(H,38,45)(H,39,42)(H,40,44)/t25-,31?,34?/m0/s1. The number of ketones is 1. The number of carbonyl (C=O) groups is 4. The number of allylic oxidation sites excluding steroid dienone is 1. The molecule has 0 aromatic heterocycles. The Kier molecular flexibility index (Phi) is 12.7. The number of benzene rings is 3. The van der Waals surface area contributed by atoms with Crippen molar-refractivity contribution in [1.29, 1.82) is 0 Å². The normalized spacial score (nSPS) is 18.0. The summed E-state index contributed by atoms with van der Waals surface area (Å²) in [5.41, 5.74) is 8.93. The van der Waals surface area contributed by atoms with Crippen LogP contribution in [0, 0.1) is 5.92 Å². The third kappa shape index (κ3) is 9.87. The highest BCUT2D eigenvalue weighted by atomic mass is 16.6. The molecular formula is C37H44N4O5. The molecule has 1 heterocycles. The third-order valence-corrected chi connectivity index (χ3v) is 8.17. The third-order valence-electron chi connectivity index (χ3n) is 8.17. The van der Waals surface area contributed by atoms with E-state index in [0.717, 1.165) is 33.5 Å². The Morgan fingerprint density at radius 1 is 0.978 bits per heavy atom. The highest BCUT2D eigenvalue weighted by Crippen LogP contribution is 2.40. The smallest absolute Gasteiger partial charge is 0.242 e. The first-order valence-electron chi connectivity index (χ1n) is 15.8. The number of hydrogen-bond donors (Lipinski definition) is 4. The molecule has 0 spiro atoms. The van der Waals surface area contributed by atoms with Crippen LogP contribution in [0.25, 0.3) is 0 Å². The molecule has 0 saturated carbocycles. The molecule has 0 fully saturated rings. The van der Waals surface area contributed by atoms with Gasteiger partial charge in [-0.05, 0) is 58.8 Å². The maximum absolute atomic E-state index is 13.1. The molecule has 9 nitrogen and oxygen atoms in total. The molecule has 0 radical (unpaired) electrons. The van der Waals surface area contributed by atoms with E-state index in [1.807, 2.05) is 66.7 Å². The highest BCUT2D eigenvalue weighted by molar-refractivity contribution is 5.90. The summed E-state index contributed by atoms with van der Waals surface area (Å²) in [6.07, 6.45) is 5.37. The van der Waals surface area contributed by atoms with Crippen LogP contribution in [0.4, 0.5) is 5.69 Å². The van der Waals surface area contributed by atoms with Crippen LogP contribution in [0.15, 0.2) is 85.1 Å². The van der Waals surface area contributed by atoms with Gasteiger partial charge in [-0.25, -0.2) is 0 Å². The first-order chi connectivity index (χ1) is 22.2. The molecule has 1 aliphatic heterocycles. The van der Waals surface area contributed by atoms with E-state index in [0.29, 0.717) is 19.4 Å². The lowest BCUT2D eigenvalue weighted by Gasteiger charge is -2.28. The molecule has 3 amide bonds. The predicted molar refractivity (Wildman–Crippen MR) is 179 cm³/mol. The summed E-state index contributed by atoms with van der Waals surface area (Å²) < 4.78 is 0. The average Bonchev–Trinajstić information content (AvgIpc) is 3.05. The molecule has 0 saturated heterocycles. The van der Waals surface area contributed by atoms with Crippen LogP contribution in [0.3, 0.4) is 0 Å². The maximum Gasteiger partial charge on any atom is 0.242 e. The molecule has 2 unspecified atom stereocenters. The Bertz CT molecular complexity index is 1520. The van der Waals surface area contributed by atoms with Crippen LogP contribution >= 0.6 is 0 Å². The average molecular weight is 625 g/mol. The van der Waals surface area contributed by atoms with E-state index in [4.69, 9.17) is 4.84 Å². The number of amides is 3. The van der Waals surface area contributed by atoms with Crippen LogP contribution in [0.1, 0.15) is 73.3 Å². The Morgan fingerprint density at radius 2 is 1.70 bits per heavy atom. The van der Waals surface area contributed by atoms with Gasteiger partial charge in [0.05, 0.1) is 12.3 Å². The van der Waals surface area contributed by atoms with E-state index in [2.05, 4.69) is 40.5 Å². The van der Waals surface area contributed by atoms with Gasteiger partial charge in [-0.1, -0.05) is 79.7 Å². The minimum Gasteiger partial charge on any atom is -0.357 e. The number of rotatable bonds is 10. The quantitative estimate of drug-likeness (QED) is 0.233. The van der Waals surface area contributed by atoms with Gasteiger partial charge in [-0.3, -0.25) is 29.5 Å². The van der Waals surface area contributed by atoms with Crippen LogP contribution in [0.2, 0.25) is 0 Å². The molecule has 3 aromatic rings. The molecule has 1 aliphatic rings. The van der Waals surface area contributed by atoms with Gasteiger partial charge in [-0.15, -0.1) is 0 Å². The van der Waals surface area contributed by atoms with Crippen molar-refractivity contribution in [3.05, 3.63) is 113 Å². The molecule has 0 aliphatic carbocycles. The Balaban J connectivity index is 1.88. The minimum absolute atomic E-state index is 0.00776. The topological polar surface area (TPSA) is 126 Å². The van der Waals surface area contributed by atoms with Crippen LogP contribution in [-0.2, 0) is 43.5 Å². The molecule has 9 heteroatoms.